The average Bonchev–Trinajstić information content (AvgIpc) is 2.72. The van der Waals surface area contributed by atoms with Crippen LogP contribution in [-0.2, 0) is 9.68 Å². The van der Waals surface area contributed by atoms with Gasteiger partial charge in [0.05, 0.1) is 0 Å². The van der Waals surface area contributed by atoms with Crippen LogP contribution in [0.2, 0.25) is 0 Å². The van der Waals surface area contributed by atoms with E-state index < -0.39 is 0 Å². The normalized spacial score (nSPS) is 7.94. The number of phenols is 1. The zero-order chi connectivity index (χ0) is 22.7. The molecule has 0 fully saturated rings. The second-order valence-corrected chi connectivity index (χ2v) is 6.44. The number of aromatic hydroxyl groups is 1. The second-order valence-electron chi connectivity index (χ2n) is 5.79. The van der Waals surface area contributed by atoms with E-state index in [0.29, 0.717) is 12.4 Å². The first-order chi connectivity index (χ1) is 13.8. The fourth-order valence-electron chi connectivity index (χ4n) is 1.73. The second kappa shape index (κ2) is 27.0. The number of hydrogen-bond donors (Lipinski definition) is 1. The molecule has 1 N–H and O–H groups in total. The van der Waals surface area contributed by atoms with Crippen LogP contribution in [0.5, 0.6) is 11.5 Å². The third-order valence-electron chi connectivity index (χ3n) is 3.21. The summed E-state index contributed by atoms with van der Waals surface area (Å²) in [4.78, 5) is 11.2. The van der Waals surface area contributed by atoms with E-state index in [1.54, 1.807) is 18.2 Å². The van der Waals surface area contributed by atoms with Crippen molar-refractivity contribution in [2.75, 3.05) is 11.9 Å². The Labute approximate surface area is 281 Å². The molecule has 0 unspecified atom stereocenters. The van der Waals surface area contributed by atoms with Gasteiger partial charge in [-0.2, -0.15) is 0 Å². The van der Waals surface area contributed by atoms with Crippen molar-refractivity contribution < 1.29 is 129 Å². The van der Waals surface area contributed by atoms with Gasteiger partial charge in [0, 0.05) is 5.33 Å². The van der Waals surface area contributed by atoms with E-state index in [4.69, 9.17) is 19.9 Å². The summed E-state index contributed by atoms with van der Waals surface area (Å²) in [7, 11) is 0. The number of alkyl halides is 1. The average molecular weight is 546 g/mol. The van der Waals surface area contributed by atoms with Crippen molar-refractivity contribution in [3.63, 3.8) is 0 Å². The van der Waals surface area contributed by atoms with Gasteiger partial charge in [-0.15, -0.1) is 6.58 Å². The van der Waals surface area contributed by atoms with E-state index >= 15 is 0 Å². The molecule has 5 nitrogen and oxygen atoms in total. The summed E-state index contributed by atoms with van der Waals surface area (Å²) in [6, 6.07) is 11.8. The van der Waals surface area contributed by atoms with Crippen LogP contribution >= 0.6 is 15.9 Å². The van der Waals surface area contributed by atoms with Gasteiger partial charge in [-0.25, -0.2) is 0 Å². The summed E-state index contributed by atoms with van der Waals surface area (Å²) in [5.74, 6) is 1.34. The van der Waals surface area contributed by atoms with Crippen molar-refractivity contribution in [3.05, 3.63) is 84.0 Å². The zero-order valence-corrected chi connectivity index (χ0v) is 27.3. The number of phenolic OH excluding ortho intramolecular Hbond substituents is 1. The number of carbonyl (C=O) groups is 1. The van der Waals surface area contributed by atoms with E-state index in [1.807, 2.05) is 39.0 Å². The molecule has 31 heavy (non-hydrogen) atoms. The van der Waals surface area contributed by atoms with Gasteiger partial charge in [0.15, 0.2) is 0 Å². The van der Waals surface area contributed by atoms with Crippen LogP contribution in [0.3, 0.4) is 0 Å². The van der Waals surface area contributed by atoms with Gasteiger partial charge in [0.1, 0.15) is 18.1 Å². The molecule has 0 bridgehead atoms. The molecule has 162 valence electrons. The van der Waals surface area contributed by atoms with Gasteiger partial charge >= 0.3 is 103 Å². The summed E-state index contributed by atoms with van der Waals surface area (Å²) in [5, 5.41) is 18.4. The molecular weight excluding hydrogens is 514 g/mol. The predicted octanol–water partition coefficient (Wildman–Crippen LogP) is -1.00. The molecule has 0 aliphatic carbocycles. The zero-order valence-electron chi connectivity index (χ0n) is 20.5. The van der Waals surface area contributed by atoms with Crippen molar-refractivity contribution in [2.24, 2.45) is 0 Å². The number of rotatable bonds is 5. The molecular formula is C23H31BrK2O5. The SMILES string of the molecule is C=CCBr.C=CCOc1cc(C)ccc1C.Cc1ccc(C)c(O)c1.O=CO[O-].[H-].[K+].[K+]. The number of benzene rings is 2. The molecule has 2 aromatic rings. The van der Waals surface area contributed by atoms with E-state index in [2.05, 4.69) is 53.0 Å². The van der Waals surface area contributed by atoms with Crippen molar-refractivity contribution in [2.45, 2.75) is 27.7 Å². The topological polar surface area (TPSA) is 78.8 Å². The Bertz CT molecular complexity index is 738. The molecule has 8 heteroatoms. The maximum Gasteiger partial charge on any atom is 1.00 e. The van der Waals surface area contributed by atoms with Crippen molar-refractivity contribution in [1.82, 2.24) is 0 Å². The van der Waals surface area contributed by atoms with Crippen LogP contribution < -0.4 is 113 Å². The first-order valence-electron chi connectivity index (χ1n) is 8.73. The number of hydrogen-bond acceptors (Lipinski definition) is 5. The molecule has 2 rings (SSSR count). The van der Waals surface area contributed by atoms with E-state index in [1.165, 1.54) is 11.1 Å². The van der Waals surface area contributed by atoms with Crippen LogP contribution in [0.15, 0.2) is 61.7 Å². The fraction of sp³-hybridized carbons (Fsp3) is 0.261. The Balaban J connectivity index is -0.000000109. The summed E-state index contributed by atoms with van der Waals surface area (Å²) in [5.41, 5.74) is 4.42. The van der Waals surface area contributed by atoms with E-state index in [9.17, 15) is 0 Å². The standard InChI is InChI=1S/C11H14O.C8H10O.C3H5Br.CH2O3.2K.H/c1-4-7-12-11-8-9(2)5-6-10(11)3;1-6-3-4-7(2)8(9)5-6;1-2-3-4;2-1-4-3;;;/h4-6,8H,1,7H2,2-3H3;3-5,9H,1-2H3;2H,1,3H2;1,3H;;;/q;;;;2*+1;-1/p-1. The molecule has 0 spiro atoms. The molecule has 2 aromatic carbocycles. The van der Waals surface area contributed by atoms with Gasteiger partial charge in [0.25, 0.3) is 6.47 Å². The van der Waals surface area contributed by atoms with Crippen LogP contribution in [-0.4, -0.2) is 23.5 Å². The van der Waals surface area contributed by atoms with Crippen molar-refractivity contribution >= 4 is 22.4 Å². The minimum absolute atomic E-state index is 0. The first-order valence-corrected chi connectivity index (χ1v) is 9.85. The van der Waals surface area contributed by atoms with Crippen LogP contribution in [0.4, 0.5) is 0 Å². The third kappa shape index (κ3) is 23.7. The van der Waals surface area contributed by atoms with Gasteiger partial charge < -0.3 is 21.4 Å². The Morgan fingerprint density at radius 1 is 1.00 bits per heavy atom. The maximum absolute atomic E-state index is 9.10. The molecule has 0 amide bonds. The monoisotopic (exact) mass is 544 g/mol. The number of carbonyl (C=O) groups excluding carboxylic acids is 1. The summed E-state index contributed by atoms with van der Waals surface area (Å²) in [6.07, 6.45) is 3.54. The van der Waals surface area contributed by atoms with E-state index in [-0.39, 0.29) is 111 Å². The fourth-order valence-corrected chi connectivity index (χ4v) is 1.73. The molecule has 0 radical (unpaired) electrons. The Morgan fingerprint density at radius 2 is 1.45 bits per heavy atom. The molecule has 0 aliphatic rings. The van der Waals surface area contributed by atoms with E-state index in [0.717, 1.165) is 22.2 Å². The minimum atomic E-state index is -0.181. The van der Waals surface area contributed by atoms with Crippen LogP contribution in [0, 0.1) is 27.7 Å². The molecule has 0 aromatic heterocycles. The Morgan fingerprint density at radius 3 is 1.81 bits per heavy atom. The number of allylic oxidation sites excluding steroid dienone is 1. The molecule has 0 heterocycles. The van der Waals surface area contributed by atoms with Crippen molar-refractivity contribution in [1.29, 1.82) is 0 Å². The predicted molar refractivity (Wildman–Crippen MR) is 121 cm³/mol. The smallest absolute Gasteiger partial charge is 1.00 e. The summed E-state index contributed by atoms with van der Waals surface area (Å²) in [6.45, 7) is 15.4. The molecule has 0 saturated carbocycles. The molecule has 0 saturated heterocycles. The van der Waals surface area contributed by atoms with Gasteiger partial charge in [0.2, 0.25) is 0 Å². The summed E-state index contributed by atoms with van der Waals surface area (Å²) < 4.78 is 5.45. The number of ether oxygens (including phenoxy) is 1. The van der Waals surface area contributed by atoms with Crippen molar-refractivity contribution in [3.8, 4) is 11.5 Å². The first kappa shape index (κ1) is 38.9. The molecule has 0 atom stereocenters. The van der Waals surface area contributed by atoms with Gasteiger partial charge in [-0.05, 0) is 62.1 Å². The third-order valence-corrected chi connectivity index (χ3v) is 3.67. The largest absolute Gasteiger partial charge is 1.00 e. The van der Waals surface area contributed by atoms with Gasteiger partial charge in [-0.1, -0.05) is 58.9 Å². The minimum Gasteiger partial charge on any atom is -1.00 e. The molecule has 0 aliphatic heterocycles. The van der Waals surface area contributed by atoms with Crippen LogP contribution in [0.1, 0.15) is 23.7 Å². The Hall–Kier alpha value is 0.703. The Kier molecular flexibility index (Phi) is 33.9. The summed E-state index contributed by atoms with van der Waals surface area (Å²) >= 11 is 3.13. The van der Waals surface area contributed by atoms with Crippen LogP contribution in [0.25, 0.3) is 0 Å². The number of halogens is 1. The van der Waals surface area contributed by atoms with Gasteiger partial charge in [-0.3, -0.25) is 4.79 Å². The quantitative estimate of drug-likeness (QED) is 0.130. The number of aryl methyl sites for hydroxylation is 4. The maximum atomic E-state index is 9.10.